The summed E-state index contributed by atoms with van der Waals surface area (Å²) < 4.78 is 0. The first-order valence-electron chi connectivity index (χ1n) is 10.9. The monoisotopic (exact) mass is 423 g/mol. The summed E-state index contributed by atoms with van der Waals surface area (Å²) in [6.07, 6.45) is 0.0995. The van der Waals surface area contributed by atoms with Gasteiger partial charge in [0.2, 0.25) is 11.8 Å². The molecular formula is C27H21NO4. The second-order valence-electron chi connectivity index (χ2n) is 8.85. The zero-order chi connectivity index (χ0) is 22.0. The number of aliphatic carboxylic acids is 1. The molecule has 5 nitrogen and oxygen atoms in total. The summed E-state index contributed by atoms with van der Waals surface area (Å²) in [6, 6.07) is 24.0. The average Bonchev–Trinajstić information content (AvgIpc) is 3.08. The third kappa shape index (κ3) is 2.48. The van der Waals surface area contributed by atoms with E-state index in [9.17, 15) is 19.5 Å². The first-order valence-corrected chi connectivity index (χ1v) is 10.9. The number of amides is 2. The van der Waals surface area contributed by atoms with Crippen LogP contribution >= 0.6 is 0 Å². The fraction of sp³-hybridized carbons (Fsp3) is 0.222. The van der Waals surface area contributed by atoms with Gasteiger partial charge in [-0.05, 0) is 27.8 Å². The molecule has 0 saturated carbocycles. The van der Waals surface area contributed by atoms with Crippen LogP contribution in [0.3, 0.4) is 0 Å². The van der Waals surface area contributed by atoms with Crippen molar-refractivity contribution in [1.29, 1.82) is 0 Å². The van der Waals surface area contributed by atoms with Crippen molar-refractivity contribution in [3.05, 3.63) is 107 Å². The van der Waals surface area contributed by atoms with Gasteiger partial charge >= 0.3 is 5.97 Å². The molecule has 1 fully saturated rings. The highest BCUT2D eigenvalue weighted by atomic mass is 16.4. The maximum Gasteiger partial charge on any atom is 0.327 e. The lowest BCUT2D eigenvalue weighted by Gasteiger charge is -2.45. The second-order valence-corrected chi connectivity index (χ2v) is 8.85. The lowest BCUT2D eigenvalue weighted by atomic mass is 9.55. The summed E-state index contributed by atoms with van der Waals surface area (Å²) in [5.74, 6) is -3.46. The smallest absolute Gasteiger partial charge is 0.327 e. The molecule has 32 heavy (non-hydrogen) atoms. The largest absolute Gasteiger partial charge is 0.480 e. The molecule has 3 atom stereocenters. The van der Waals surface area contributed by atoms with Gasteiger partial charge in [0.1, 0.15) is 6.04 Å². The van der Waals surface area contributed by atoms with E-state index in [-0.39, 0.29) is 30.1 Å². The van der Waals surface area contributed by atoms with E-state index in [1.807, 2.05) is 78.9 Å². The highest BCUT2D eigenvalue weighted by Gasteiger charge is 2.63. The minimum Gasteiger partial charge on any atom is -0.480 e. The van der Waals surface area contributed by atoms with Gasteiger partial charge in [0.15, 0.2) is 0 Å². The number of hydrogen-bond donors (Lipinski definition) is 1. The molecular weight excluding hydrogens is 402 g/mol. The van der Waals surface area contributed by atoms with Gasteiger partial charge in [0, 0.05) is 18.3 Å². The molecule has 158 valence electrons. The van der Waals surface area contributed by atoms with Crippen LogP contribution in [-0.2, 0) is 20.8 Å². The Morgan fingerprint density at radius 2 is 1.12 bits per heavy atom. The van der Waals surface area contributed by atoms with Crippen LogP contribution < -0.4 is 0 Å². The molecule has 1 aliphatic heterocycles. The average molecular weight is 423 g/mol. The van der Waals surface area contributed by atoms with Crippen molar-refractivity contribution in [2.24, 2.45) is 11.8 Å². The number of carbonyl (C=O) groups excluding carboxylic acids is 2. The molecule has 3 aromatic carbocycles. The molecule has 5 heteroatoms. The standard InChI is InChI=1S/C27H21NO4/c29-25-23-21-16-10-4-5-11-17(16)22(19-13-7-6-12-18(19)21)24(23)26(30)28(25)20(27(31)32)14-15-8-2-1-3-9-15/h1-13,20-24H,14H2,(H,31,32)/t20-,21?,22?,23-,24-/m0/s1. The minimum absolute atomic E-state index is 0.0995. The van der Waals surface area contributed by atoms with Crippen LogP contribution in [0.25, 0.3) is 0 Å². The van der Waals surface area contributed by atoms with Crippen LogP contribution in [0.15, 0.2) is 78.9 Å². The van der Waals surface area contributed by atoms with Crippen LogP contribution in [0.5, 0.6) is 0 Å². The van der Waals surface area contributed by atoms with E-state index >= 15 is 0 Å². The number of carbonyl (C=O) groups is 3. The summed E-state index contributed by atoms with van der Waals surface area (Å²) in [7, 11) is 0. The third-order valence-corrected chi connectivity index (χ3v) is 7.35. The van der Waals surface area contributed by atoms with E-state index in [2.05, 4.69) is 0 Å². The molecule has 4 aliphatic rings. The van der Waals surface area contributed by atoms with Gasteiger partial charge in [0.05, 0.1) is 11.8 Å². The van der Waals surface area contributed by atoms with E-state index < -0.39 is 23.8 Å². The Balaban J connectivity index is 1.47. The highest BCUT2D eigenvalue weighted by Crippen LogP contribution is 2.61. The topological polar surface area (TPSA) is 74.7 Å². The molecule has 0 spiro atoms. The zero-order valence-corrected chi connectivity index (χ0v) is 17.2. The fourth-order valence-electron chi connectivity index (χ4n) is 6.13. The Bertz CT molecular complexity index is 1150. The molecule has 3 aromatic rings. The van der Waals surface area contributed by atoms with Crippen LogP contribution in [0.4, 0.5) is 0 Å². The number of nitrogens with zero attached hydrogens (tertiary/aromatic N) is 1. The molecule has 0 aromatic heterocycles. The van der Waals surface area contributed by atoms with E-state index in [1.54, 1.807) is 0 Å². The SMILES string of the molecule is O=C(O)[C@H](Cc1ccccc1)N1C(=O)[C@H]2C3c4ccccc4C(c4ccccc43)[C@@H]2C1=O. The Morgan fingerprint density at radius 3 is 1.53 bits per heavy atom. The maximum atomic E-state index is 13.7. The van der Waals surface area contributed by atoms with E-state index in [4.69, 9.17) is 0 Å². The van der Waals surface area contributed by atoms with Crippen molar-refractivity contribution in [3.8, 4) is 0 Å². The van der Waals surface area contributed by atoms with Gasteiger partial charge in [-0.2, -0.15) is 0 Å². The van der Waals surface area contributed by atoms with Crippen LogP contribution in [0, 0.1) is 11.8 Å². The Morgan fingerprint density at radius 1 is 0.719 bits per heavy atom. The van der Waals surface area contributed by atoms with Crippen LogP contribution in [0.2, 0.25) is 0 Å². The fourth-order valence-corrected chi connectivity index (χ4v) is 6.13. The lowest BCUT2D eigenvalue weighted by molar-refractivity contribution is -0.155. The minimum atomic E-state index is -1.21. The maximum absolute atomic E-state index is 13.7. The van der Waals surface area contributed by atoms with Gasteiger partial charge in [0.25, 0.3) is 0 Å². The van der Waals surface area contributed by atoms with Crippen molar-refractivity contribution in [2.45, 2.75) is 24.3 Å². The number of likely N-dealkylation sites (tertiary alicyclic amines) is 1. The highest BCUT2D eigenvalue weighted by molar-refractivity contribution is 6.10. The van der Waals surface area contributed by atoms with Gasteiger partial charge < -0.3 is 5.11 Å². The first kappa shape index (κ1) is 19.0. The normalized spacial score (nSPS) is 25.8. The molecule has 2 amide bonds. The number of rotatable bonds is 4. The molecule has 1 N–H and O–H groups in total. The second kappa shape index (κ2) is 6.89. The molecule has 2 bridgehead atoms. The number of hydrogen-bond acceptors (Lipinski definition) is 3. The van der Waals surface area contributed by atoms with Crippen molar-refractivity contribution in [1.82, 2.24) is 4.90 Å². The molecule has 1 heterocycles. The van der Waals surface area contributed by atoms with Crippen molar-refractivity contribution < 1.29 is 19.5 Å². The van der Waals surface area contributed by atoms with E-state index in [0.717, 1.165) is 32.7 Å². The quantitative estimate of drug-likeness (QED) is 0.651. The van der Waals surface area contributed by atoms with Gasteiger partial charge in [-0.15, -0.1) is 0 Å². The predicted octanol–water partition coefficient (Wildman–Crippen LogP) is 3.57. The Labute approximate surface area is 185 Å². The molecule has 3 aliphatic carbocycles. The number of carboxylic acid groups (broad SMARTS) is 1. The summed E-state index contributed by atoms with van der Waals surface area (Å²) in [5, 5.41) is 10.0. The van der Waals surface area contributed by atoms with Crippen LogP contribution in [0.1, 0.15) is 39.7 Å². The number of carboxylic acids is 1. The predicted molar refractivity (Wildman–Crippen MR) is 117 cm³/mol. The van der Waals surface area contributed by atoms with E-state index in [0.29, 0.717) is 0 Å². The first-order chi connectivity index (χ1) is 15.6. The summed E-state index contributed by atoms with van der Waals surface area (Å²) >= 11 is 0. The van der Waals surface area contributed by atoms with E-state index in [1.165, 1.54) is 0 Å². The lowest BCUT2D eigenvalue weighted by Crippen LogP contribution is -2.47. The van der Waals surface area contributed by atoms with Gasteiger partial charge in [-0.3, -0.25) is 14.5 Å². The Hall–Kier alpha value is -3.73. The third-order valence-electron chi connectivity index (χ3n) is 7.35. The summed E-state index contributed by atoms with van der Waals surface area (Å²) in [4.78, 5) is 40.8. The summed E-state index contributed by atoms with van der Waals surface area (Å²) in [5.41, 5.74) is 5.10. The van der Waals surface area contributed by atoms with Crippen molar-refractivity contribution in [2.75, 3.05) is 0 Å². The van der Waals surface area contributed by atoms with Gasteiger partial charge in [-0.25, -0.2) is 4.79 Å². The van der Waals surface area contributed by atoms with Crippen molar-refractivity contribution >= 4 is 17.8 Å². The van der Waals surface area contributed by atoms with Crippen molar-refractivity contribution in [3.63, 3.8) is 0 Å². The van der Waals surface area contributed by atoms with Gasteiger partial charge in [-0.1, -0.05) is 78.9 Å². The molecule has 7 rings (SSSR count). The van der Waals surface area contributed by atoms with Crippen LogP contribution in [-0.4, -0.2) is 33.8 Å². The number of imide groups is 1. The molecule has 1 saturated heterocycles. The zero-order valence-electron chi connectivity index (χ0n) is 17.2. The molecule has 0 radical (unpaired) electrons. The Kier molecular flexibility index (Phi) is 4.09. The molecule has 0 unspecified atom stereocenters. The number of benzene rings is 3. The summed E-state index contributed by atoms with van der Waals surface area (Å²) in [6.45, 7) is 0.